The summed E-state index contributed by atoms with van der Waals surface area (Å²) >= 11 is 0. The molecule has 0 saturated heterocycles. The molecule has 0 aliphatic heterocycles. The topological polar surface area (TPSA) is 26.3 Å². The maximum Gasteiger partial charge on any atom is 0.143 e. The highest BCUT2D eigenvalue weighted by Crippen LogP contribution is 2.42. The number of benzene rings is 7. The first kappa shape index (κ1) is 30.9. The van der Waals surface area contributed by atoms with Crippen molar-refractivity contribution in [2.24, 2.45) is 0 Å². The zero-order valence-corrected chi connectivity index (χ0v) is 29.8. The lowest BCUT2D eigenvalue weighted by Crippen LogP contribution is -2.29. The van der Waals surface area contributed by atoms with Gasteiger partial charge in [0, 0.05) is 26.9 Å². The summed E-state index contributed by atoms with van der Waals surface area (Å²) in [6, 6.07) is 46.2. The summed E-state index contributed by atoms with van der Waals surface area (Å²) in [5.74, 6) is 0. The van der Waals surface area contributed by atoms with Gasteiger partial charge in [-0.25, -0.2) is 0 Å². The second-order valence-corrected chi connectivity index (χ2v) is 14.5. The normalized spacial score (nSPS) is 16.5. The summed E-state index contributed by atoms with van der Waals surface area (Å²) in [7, 11) is 0. The van der Waals surface area contributed by atoms with Crippen molar-refractivity contribution >= 4 is 82.1 Å². The predicted octanol–water partition coefficient (Wildman–Crippen LogP) is 12.8. The van der Waals surface area contributed by atoms with E-state index in [-0.39, 0.29) is 0 Å². The average molecular weight is 693 g/mol. The number of allylic oxidation sites excluding steroid dienone is 8. The van der Waals surface area contributed by atoms with E-state index in [4.69, 9.17) is 8.83 Å². The first-order chi connectivity index (χ1) is 26.8. The molecule has 2 aromatic heterocycles. The molecule has 2 aliphatic carbocycles. The van der Waals surface area contributed by atoms with Crippen LogP contribution in [0.25, 0.3) is 82.1 Å². The maximum atomic E-state index is 6.66. The van der Waals surface area contributed by atoms with Crippen LogP contribution in [0.4, 0.5) is 0 Å². The van der Waals surface area contributed by atoms with Crippen LogP contribution in [-0.2, 0) is 0 Å². The molecule has 0 radical (unpaired) electrons. The van der Waals surface area contributed by atoms with Gasteiger partial charge in [0.2, 0.25) is 0 Å². The van der Waals surface area contributed by atoms with E-state index in [2.05, 4.69) is 158 Å². The molecule has 0 bridgehead atoms. The van der Waals surface area contributed by atoms with Crippen molar-refractivity contribution in [2.75, 3.05) is 0 Å². The predicted molar refractivity (Wildman–Crippen MR) is 227 cm³/mol. The number of hydrogen-bond acceptors (Lipinski definition) is 2. The Morgan fingerprint density at radius 2 is 0.981 bits per heavy atom. The van der Waals surface area contributed by atoms with Gasteiger partial charge in [0.25, 0.3) is 0 Å². The Morgan fingerprint density at radius 1 is 0.389 bits per heavy atom. The summed E-state index contributed by atoms with van der Waals surface area (Å²) < 4.78 is 13.1. The van der Waals surface area contributed by atoms with Crippen molar-refractivity contribution in [1.29, 1.82) is 0 Å². The zero-order chi connectivity index (χ0) is 35.6. The Labute approximate surface area is 312 Å². The van der Waals surface area contributed by atoms with E-state index in [1.807, 2.05) is 12.1 Å². The van der Waals surface area contributed by atoms with E-state index in [1.54, 1.807) is 0 Å². The smallest absolute Gasteiger partial charge is 0.143 e. The van der Waals surface area contributed by atoms with Gasteiger partial charge in [-0.2, -0.15) is 0 Å². The fourth-order valence-electron chi connectivity index (χ4n) is 8.87. The van der Waals surface area contributed by atoms with Crippen molar-refractivity contribution in [3.8, 4) is 0 Å². The summed E-state index contributed by atoms with van der Waals surface area (Å²) in [5, 5.41) is 11.6. The Morgan fingerprint density at radius 3 is 1.70 bits per heavy atom. The Balaban J connectivity index is 1.29. The number of para-hydroxylation sites is 2. The third kappa shape index (κ3) is 4.87. The van der Waals surface area contributed by atoms with Gasteiger partial charge in [0.05, 0.1) is 0 Å². The van der Waals surface area contributed by atoms with Crippen LogP contribution in [0, 0.1) is 0 Å². The molecule has 0 amide bonds. The van der Waals surface area contributed by atoms with E-state index < -0.39 is 0 Å². The molecule has 0 unspecified atom stereocenters. The lowest BCUT2D eigenvalue weighted by atomic mass is 9.87. The molecule has 2 aliphatic rings. The average Bonchev–Trinajstić information content (AvgIpc) is 3.79. The number of rotatable bonds is 3. The first-order valence-electron chi connectivity index (χ1n) is 19.0. The summed E-state index contributed by atoms with van der Waals surface area (Å²) in [5.41, 5.74) is 11.1. The standard InChI is InChI=1S/C52H36O2/c1-2-7-19-40(38-23-11-10-22-37(38)39(18-6-1)41-29-28-34(33-16-4-3-5-17-33)35-20-8-9-21-36(35)41)44-31-47-43-25-13-15-27-50(43)54-52(47)48-32-51-46(30-45(44)48)42-24-12-14-26-49(42)53-51/h3-4,6-16,18-32H,1-2,5,17H2/b18-6?,19-7+,39-37?,40-38+. The SMILES string of the molecule is C1=CCCC(c2ccc(C3=c4cccc/c4=C(c4cc5c6ccccc6oc5c5cc6oc7ccccc7c6cc45)/C=C/CCC=C3)c3ccccc23)=C1. The van der Waals surface area contributed by atoms with Gasteiger partial charge >= 0.3 is 0 Å². The number of fused-ring (bicyclic) bond motifs is 10. The number of hydrogen-bond donors (Lipinski definition) is 0. The summed E-state index contributed by atoms with van der Waals surface area (Å²) in [4.78, 5) is 0. The van der Waals surface area contributed by atoms with Crippen molar-refractivity contribution in [2.45, 2.75) is 25.7 Å². The first-order valence-corrected chi connectivity index (χ1v) is 19.0. The second-order valence-electron chi connectivity index (χ2n) is 14.5. The van der Waals surface area contributed by atoms with Gasteiger partial charge < -0.3 is 8.83 Å². The van der Waals surface area contributed by atoms with Crippen LogP contribution in [0.15, 0.2) is 179 Å². The highest BCUT2D eigenvalue weighted by Gasteiger charge is 2.20. The molecule has 0 N–H and O–H groups in total. The van der Waals surface area contributed by atoms with Gasteiger partial charge in [-0.3, -0.25) is 0 Å². The molecule has 2 heterocycles. The van der Waals surface area contributed by atoms with E-state index in [1.165, 1.54) is 54.6 Å². The minimum atomic E-state index is 0.866. The molecule has 54 heavy (non-hydrogen) atoms. The van der Waals surface area contributed by atoms with E-state index in [9.17, 15) is 0 Å². The molecule has 0 fully saturated rings. The molecule has 7 aromatic carbocycles. The fraction of sp³-hybridized carbons (Fsp3) is 0.0769. The van der Waals surface area contributed by atoms with E-state index in [0.29, 0.717) is 0 Å². The summed E-state index contributed by atoms with van der Waals surface area (Å²) in [6.07, 6.45) is 20.2. The fourth-order valence-corrected chi connectivity index (χ4v) is 8.87. The van der Waals surface area contributed by atoms with Crippen LogP contribution in [0.5, 0.6) is 0 Å². The van der Waals surface area contributed by atoms with Crippen LogP contribution in [0.2, 0.25) is 0 Å². The van der Waals surface area contributed by atoms with Crippen LogP contribution < -0.4 is 10.4 Å². The molecule has 256 valence electrons. The van der Waals surface area contributed by atoms with Gasteiger partial charge in [-0.1, -0.05) is 140 Å². The molecule has 11 rings (SSSR count). The molecular formula is C52H36O2. The Bertz CT molecular complexity index is 3260. The maximum absolute atomic E-state index is 6.66. The van der Waals surface area contributed by atoms with Crippen LogP contribution >= 0.6 is 0 Å². The van der Waals surface area contributed by atoms with Crippen molar-refractivity contribution in [1.82, 2.24) is 0 Å². The van der Waals surface area contributed by atoms with Crippen LogP contribution in [0.1, 0.15) is 42.4 Å². The quantitative estimate of drug-likeness (QED) is 0.184. The molecule has 0 spiro atoms. The zero-order valence-electron chi connectivity index (χ0n) is 29.8. The van der Waals surface area contributed by atoms with Crippen LogP contribution in [0.3, 0.4) is 0 Å². The third-order valence-corrected chi connectivity index (χ3v) is 11.4. The third-order valence-electron chi connectivity index (χ3n) is 11.4. The van der Waals surface area contributed by atoms with Gasteiger partial charge in [-0.15, -0.1) is 0 Å². The molecular weight excluding hydrogens is 657 g/mol. The van der Waals surface area contributed by atoms with Gasteiger partial charge in [0.1, 0.15) is 22.3 Å². The molecule has 9 aromatic rings. The van der Waals surface area contributed by atoms with Crippen molar-refractivity contribution in [3.05, 3.63) is 197 Å². The monoisotopic (exact) mass is 692 g/mol. The van der Waals surface area contributed by atoms with Gasteiger partial charge in [0.15, 0.2) is 0 Å². The lowest BCUT2D eigenvalue weighted by molar-refractivity contribution is 0.667. The molecule has 0 atom stereocenters. The highest BCUT2D eigenvalue weighted by molar-refractivity contribution is 6.22. The number of furan rings is 2. The highest BCUT2D eigenvalue weighted by atomic mass is 16.3. The molecule has 2 heteroatoms. The minimum Gasteiger partial charge on any atom is -0.456 e. The van der Waals surface area contributed by atoms with Gasteiger partial charge in [-0.05, 0) is 116 Å². The Kier molecular flexibility index (Phi) is 7.16. The molecule has 2 nitrogen and oxygen atoms in total. The van der Waals surface area contributed by atoms with Crippen molar-refractivity contribution < 1.29 is 8.83 Å². The van der Waals surface area contributed by atoms with E-state index in [0.717, 1.165) is 80.3 Å². The summed E-state index contributed by atoms with van der Waals surface area (Å²) in [6.45, 7) is 0. The van der Waals surface area contributed by atoms with Crippen molar-refractivity contribution in [3.63, 3.8) is 0 Å². The molecule has 0 saturated carbocycles. The van der Waals surface area contributed by atoms with Crippen LogP contribution in [-0.4, -0.2) is 0 Å². The Hall–Kier alpha value is -6.64. The lowest BCUT2D eigenvalue weighted by Gasteiger charge is -2.17. The minimum absolute atomic E-state index is 0.866. The second kappa shape index (κ2) is 12.5. The largest absolute Gasteiger partial charge is 0.456 e. The van der Waals surface area contributed by atoms with E-state index >= 15 is 0 Å².